The summed E-state index contributed by atoms with van der Waals surface area (Å²) in [5, 5.41) is 5.49. The first-order valence-electron chi connectivity index (χ1n) is 24.0. The molecule has 4 heterocycles. The number of ether oxygens (including phenoxy) is 2. The van der Waals surface area contributed by atoms with Gasteiger partial charge in [-0.25, -0.2) is 19.6 Å². The third-order valence-corrected chi connectivity index (χ3v) is 14.8. The summed E-state index contributed by atoms with van der Waals surface area (Å²) in [4.78, 5) is 72.7. The molecule has 0 radical (unpaired) electrons. The van der Waals surface area contributed by atoms with E-state index in [1.54, 1.807) is 0 Å². The molecule has 4 atom stereocenters. The Labute approximate surface area is 387 Å². The summed E-state index contributed by atoms with van der Waals surface area (Å²) < 4.78 is 9.65. The Balaban J connectivity index is 0.965. The summed E-state index contributed by atoms with van der Waals surface area (Å²) in [6.45, 7) is 8.90. The minimum absolute atomic E-state index is 0.104. The molecule has 5 aromatic rings. The summed E-state index contributed by atoms with van der Waals surface area (Å²) in [6.07, 6.45) is 12.4. The highest BCUT2D eigenvalue weighted by Gasteiger charge is 2.42. The molecule has 348 valence electrons. The number of methoxy groups -OCH3 is 2. The third-order valence-electron chi connectivity index (χ3n) is 14.8. The number of rotatable bonds is 11. The number of H-pyrrole nitrogens is 2. The fourth-order valence-electron chi connectivity index (χ4n) is 11.3. The molecular weight excluding hydrogens is 833 g/mol. The van der Waals surface area contributed by atoms with Gasteiger partial charge in [0.05, 0.1) is 49.2 Å². The van der Waals surface area contributed by atoms with Gasteiger partial charge < -0.3 is 39.9 Å². The number of nitrogens with one attached hydrogen (secondary N) is 4. The molecule has 14 heteroatoms. The van der Waals surface area contributed by atoms with Gasteiger partial charge in [0.2, 0.25) is 11.8 Å². The van der Waals surface area contributed by atoms with Crippen molar-refractivity contribution in [1.82, 2.24) is 40.4 Å². The number of imidazole rings is 2. The van der Waals surface area contributed by atoms with E-state index in [0.29, 0.717) is 13.1 Å². The highest BCUT2D eigenvalue weighted by atomic mass is 16.5. The lowest BCUT2D eigenvalue weighted by atomic mass is 9.72. The van der Waals surface area contributed by atoms with Crippen LogP contribution in [0.15, 0.2) is 60.8 Å². The zero-order chi connectivity index (χ0) is 46.3. The quantitative estimate of drug-likeness (QED) is 0.101. The lowest BCUT2D eigenvalue weighted by Gasteiger charge is -2.33. The van der Waals surface area contributed by atoms with Crippen molar-refractivity contribution in [3.63, 3.8) is 0 Å². The Bertz CT molecular complexity index is 2610. The van der Waals surface area contributed by atoms with Crippen LogP contribution in [0.4, 0.5) is 9.59 Å². The van der Waals surface area contributed by atoms with Gasteiger partial charge in [0, 0.05) is 18.7 Å². The summed E-state index contributed by atoms with van der Waals surface area (Å²) in [6, 6.07) is 17.9. The molecule has 2 unspecified atom stereocenters. The molecule has 4 N–H and O–H groups in total. The largest absolute Gasteiger partial charge is 0.453 e. The molecule has 3 aromatic carbocycles. The summed E-state index contributed by atoms with van der Waals surface area (Å²) in [5.74, 6) is 1.08. The number of alkyl carbamates (subject to hydrolysis) is 2. The van der Waals surface area contributed by atoms with Crippen molar-refractivity contribution in [2.45, 2.75) is 122 Å². The summed E-state index contributed by atoms with van der Waals surface area (Å²) in [7, 11) is 2.62. The lowest BCUT2D eigenvalue weighted by molar-refractivity contribution is -0.136. The van der Waals surface area contributed by atoms with E-state index in [1.165, 1.54) is 74.1 Å². The fourth-order valence-corrected chi connectivity index (χ4v) is 11.3. The van der Waals surface area contributed by atoms with E-state index in [2.05, 4.69) is 69.1 Å². The summed E-state index contributed by atoms with van der Waals surface area (Å²) in [5.41, 5.74) is 11.7. The Kier molecular flexibility index (Phi) is 12.7. The molecular formula is C52H64N8O6. The second kappa shape index (κ2) is 18.6. The smallest absolute Gasteiger partial charge is 0.407 e. The molecule has 1 saturated carbocycles. The SMILES string of the molecule is COC(=O)N[C@@H](C(=O)N1CCCC1c1ncc(-c2ccc(-c3ccc(-c4ccc5nc(C6CCCN6C(=O)[C@H](NC(=O)OC)C(C)C)[nH]c5c4)cc3)c3c2CC2(CCCCC2)C3)[nH]1)C(C)C. The zero-order valence-corrected chi connectivity index (χ0v) is 39.2. The Morgan fingerprint density at radius 2 is 1.21 bits per heavy atom. The van der Waals surface area contributed by atoms with Crippen molar-refractivity contribution in [2.75, 3.05) is 27.3 Å². The lowest BCUT2D eigenvalue weighted by Crippen LogP contribution is -2.51. The maximum Gasteiger partial charge on any atom is 0.407 e. The number of amides is 4. The van der Waals surface area contributed by atoms with E-state index in [-0.39, 0.29) is 41.1 Å². The predicted octanol–water partition coefficient (Wildman–Crippen LogP) is 9.42. The van der Waals surface area contributed by atoms with Crippen LogP contribution in [0.2, 0.25) is 0 Å². The number of benzene rings is 3. The van der Waals surface area contributed by atoms with Crippen molar-refractivity contribution >= 4 is 35.0 Å². The molecule has 66 heavy (non-hydrogen) atoms. The van der Waals surface area contributed by atoms with Crippen LogP contribution in [-0.2, 0) is 31.9 Å². The first kappa shape index (κ1) is 45.0. The minimum Gasteiger partial charge on any atom is -0.453 e. The van der Waals surface area contributed by atoms with Crippen LogP contribution in [0, 0.1) is 17.3 Å². The first-order valence-corrected chi connectivity index (χ1v) is 24.0. The van der Waals surface area contributed by atoms with Gasteiger partial charge in [-0.05, 0) is 114 Å². The molecule has 1 spiro atoms. The van der Waals surface area contributed by atoms with Crippen molar-refractivity contribution in [3.8, 4) is 33.5 Å². The number of hydrogen-bond donors (Lipinski definition) is 4. The van der Waals surface area contributed by atoms with E-state index in [9.17, 15) is 19.2 Å². The number of aromatic nitrogens is 4. The number of nitrogens with zero attached hydrogens (tertiary/aromatic N) is 4. The highest BCUT2D eigenvalue weighted by Crippen LogP contribution is 2.52. The topological polar surface area (TPSA) is 175 Å². The van der Waals surface area contributed by atoms with Gasteiger partial charge in [0.25, 0.3) is 0 Å². The maximum atomic E-state index is 13.9. The molecule has 3 fully saturated rings. The van der Waals surface area contributed by atoms with Gasteiger partial charge in [-0.3, -0.25) is 9.59 Å². The van der Waals surface area contributed by atoms with E-state index < -0.39 is 24.3 Å². The van der Waals surface area contributed by atoms with E-state index in [1.807, 2.05) is 49.8 Å². The van der Waals surface area contributed by atoms with Crippen LogP contribution in [-0.4, -0.2) is 93.1 Å². The first-order chi connectivity index (χ1) is 31.9. The third kappa shape index (κ3) is 8.66. The Hall–Kier alpha value is -6.18. The van der Waals surface area contributed by atoms with Gasteiger partial charge in [0.1, 0.15) is 23.7 Å². The van der Waals surface area contributed by atoms with Crippen molar-refractivity contribution < 1.29 is 28.7 Å². The molecule has 4 amide bonds. The number of hydrogen-bond acceptors (Lipinski definition) is 8. The minimum atomic E-state index is -0.689. The second-order valence-electron chi connectivity index (χ2n) is 19.7. The van der Waals surface area contributed by atoms with Crippen molar-refractivity contribution in [2.24, 2.45) is 17.3 Å². The van der Waals surface area contributed by atoms with Gasteiger partial charge in [-0.2, -0.15) is 0 Å². The maximum absolute atomic E-state index is 13.9. The molecule has 2 aromatic heterocycles. The monoisotopic (exact) mass is 896 g/mol. The van der Waals surface area contributed by atoms with Crippen LogP contribution in [0.5, 0.6) is 0 Å². The number of fused-ring (bicyclic) bond motifs is 2. The van der Waals surface area contributed by atoms with Crippen LogP contribution < -0.4 is 10.6 Å². The number of carbonyl (C=O) groups is 4. The Morgan fingerprint density at radius 3 is 1.80 bits per heavy atom. The van der Waals surface area contributed by atoms with E-state index >= 15 is 0 Å². The van der Waals surface area contributed by atoms with E-state index in [4.69, 9.17) is 19.4 Å². The average Bonchev–Trinajstić information content (AvgIpc) is 4.18. The number of likely N-dealkylation sites (tertiary alicyclic amines) is 2. The van der Waals surface area contributed by atoms with Gasteiger partial charge >= 0.3 is 12.2 Å². The zero-order valence-electron chi connectivity index (χ0n) is 39.2. The molecule has 2 saturated heterocycles. The van der Waals surface area contributed by atoms with Crippen LogP contribution in [0.1, 0.15) is 120 Å². The molecule has 2 aliphatic carbocycles. The van der Waals surface area contributed by atoms with Crippen LogP contribution in [0.3, 0.4) is 0 Å². The molecule has 4 aliphatic rings. The molecule has 14 nitrogen and oxygen atoms in total. The molecule has 9 rings (SSSR count). The number of carbonyl (C=O) groups excluding carboxylic acids is 4. The van der Waals surface area contributed by atoms with Crippen molar-refractivity contribution in [1.29, 1.82) is 0 Å². The highest BCUT2D eigenvalue weighted by molar-refractivity contribution is 5.88. The second-order valence-corrected chi connectivity index (χ2v) is 19.7. The molecule has 2 aliphatic heterocycles. The molecule has 0 bridgehead atoms. The fraction of sp³-hybridized carbons (Fsp3) is 0.500. The predicted molar refractivity (Wildman–Crippen MR) is 253 cm³/mol. The normalized spacial score (nSPS) is 19.9. The Morgan fingerprint density at radius 1 is 0.667 bits per heavy atom. The van der Waals surface area contributed by atoms with Gasteiger partial charge in [-0.1, -0.05) is 89.4 Å². The van der Waals surface area contributed by atoms with Gasteiger partial charge in [-0.15, -0.1) is 0 Å². The van der Waals surface area contributed by atoms with Crippen LogP contribution in [0.25, 0.3) is 44.5 Å². The number of aromatic amines is 2. The van der Waals surface area contributed by atoms with Crippen molar-refractivity contribution in [3.05, 3.63) is 83.6 Å². The summed E-state index contributed by atoms with van der Waals surface area (Å²) >= 11 is 0. The average molecular weight is 897 g/mol. The van der Waals surface area contributed by atoms with Gasteiger partial charge in [0.15, 0.2) is 0 Å². The standard InChI is InChI=1S/C52H64N8O6/c1-30(2)44(57-50(63)65-5)48(61)59-24-10-12-42(59)46-53-29-41(56-46)36-20-19-35(37-27-52(28-38(36)37)22-8-7-9-23-52)33-16-14-32(15-17-33)34-18-21-39-40(26-34)55-47(54-39)43-13-11-25-60(43)49(62)45(31(3)4)58-51(64)66-6/h14-21,26,29-31,42-45H,7-13,22-25,27-28H2,1-6H3,(H,53,56)(H,54,55)(H,57,63)(H,58,64)/t42?,43?,44-,45-/m1/s1. The van der Waals surface area contributed by atoms with E-state index in [0.717, 1.165) is 78.0 Å². The van der Waals surface area contributed by atoms with Crippen LogP contribution >= 0.6 is 0 Å².